The van der Waals surface area contributed by atoms with E-state index in [0.29, 0.717) is 11.7 Å². The molecule has 1 unspecified atom stereocenters. The standard InChI is InChI=1S/C12H19N3O2S/c1-14-5-3-4-10(7-14)15(2)12-13-9(8-18-12)6-11(16)17/h8,10H,3-7H2,1-2H3,(H,16,17). The van der Waals surface area contributed by atoms with Gasteiger partial charge in [-0.2, -0.15) is 0 Å². The van der Waals surface area contributed by atoms with Crippen molar-refractivity contribution in [1.29, 1.82) is 0 Å². The molecule has 0 aliphatic carbocycles. The monoisotopic (exact) mass is 269 g/mol. The topological polar surface area (TPSA) is 56.7 Å². The van der Waals surface area contributed by atoms with Crippen molar-refractivity contribution in [3.63, 3.8) is 0 Å². The smallest absolute Gasteiger partial charge is 0.309 e. The van der Waals surface area contributed by atoms with E-state index in [2.05, 4.69) is 21.8 Å². The first-order valence-corrected chi connectivity index (χ1v) is 7.02. The summed E-state index contributed by atoms with van der Waals surface area (Å²) in [5, 5.41) is 11.5. The van der Waals surface area contributed by atoms with Crippen molar-refractivity contribution in [3.05, 3.63) is 11.1 Å². The van der Waals surface area contributed by atoms with Crippen LogP contribution in [0.3, 0.4) is 0 Å². The predicted octanol–water partition coefficient (Wildman–Crippen LogP) is 1.30. The van der Waals surface area contributed by atoms with E-state index >= 15 is 0 Å². The van der Waals surface area contributed by atoms with Crippen LogP contribution in [0.1, 0.15) is 18.5 Å². The largest absolute Gasteiger partial charge is 0.481 e. The van der Waals surface area contributed by atoms with Crippen molar-refractivity contribution in [2.24, 2.45) is 0 Å². The van der Waals surface area contributed by atoms with Crippen LogP contribution in [0.5, 0.6) is 0 Å². The Hall–Kier alpha value is -1.14. The van der Waals surface area contributed by atoms with Crippen molar-refractivity contribution in [1.82, 2.24) is 9.88 Å². The second-order valence-electron chi connectivity index (χ2n) is 4.86. The maximum absolute atomic E-state index is 10.6. The number of thiazole rings is 1. The fraction of sp³-hybridized carbons (Fsp3) is 0.667. The van der Waals surface area contributed by atoms with Gasteiger partial charge >= 0.3 is 5.97 Å². The number of nitrogens with zero attached hydrogens (tertiary/aromatic N) is 3. The van der Waals surface area contributed by atoms with E-state index < -0.39 is 5.97 Å². The van der Waals surface area contributed by atoms with E-state index in [1.165, 1.54) is 24.2 Å². The van der Waals surface area contributed by atoms with Gasteiger partial charge in [0.05, 0.1) is 12.1 Å². The van der Waals surface area contributed by atoms with Crippen LogP contribution < -0.4 is 4.90 Å². The zero-order valence-corrected chi connectivity index (χ0v) is 11.6. The highest BCUT2D eigenvalue weighted by Crippen LogP contribution is 2.24. The number of carbonyl (C=O) groups is 1. The summed E-state index contributed by atoms with van der Waals surface area (Å²) in [5.41, 5.74) is 0.651. The zero-order chi connectivity index (χ0) is 13.1. The highest BCUT2D eigenvalue weighted by molar-refractivity contribution is 7.13. The molecule has 0 bridgehead atoms. The van der Waals surface area contributed by atoms with Crippen molar-refractivity contribution in [2.45, 2.75) is 25.3 Å². The average molecular weight is 269 g/mol. The molecule has 0 aromatic carbocycles. The van der Waals surface area contributed by atoms with Crippen molar-refractivity contribution < 1.29 is 9.90 Å². The van der Waals surface area contributed by atoms with Crippen molar-refractivity contribution >= 4 is 22.4 Å². The van der Waals surface area contributed by atoms with Crippen molar-refractivity contribution in [2.75, 3.05) is 32.1 Å². The first-order valence-electron chi connectivity index (χ1n) is 6.14. The van der Waals surface area contributed by atoms with Crippen LogP contribution in [0.4, 0.5) is 5.13 Å². The number of aromatic nitrogens is 1. The molecule has 1 aliphatic rings. The lowest BCUT2D eigenvalue weighted by Gasteiger charge is -2.35. The predicted molar refractivity (Wildman–Crippen MR) is 72.4 cm³/mol. The lowest BCUT2D eigenvalue weighted by Crippen LogP contribution is -2.45. The van der Waals surface area contributed by atoms with Gasteiger partial charge in [-0.1, -0.05) is 0 Å². The van der Waals surface area contributed by atoms with Crippen LogP contribution >= 0.6 is 11.3 Å². The van der Waals surface area contributed by atoms with E-state index in [4.69, 9.17) is 5.11 Å². The Balaban J connectivity index is 2.01. The van der Waals surface area contributed by atoms with Gasteiger partial charge in [-0.15, -0.1) is 11.3 Å². The summed E-state index contributed by atoms with van der Waals surface area (Å²) in [6.45, 7) is 2.21. The van der Waals surface area contributed by atoms with Gasteiger partial charge in [0.2, 0.25) is 0 Å². The molecular formula is C12H19N3O2S. The summed E-state index contributed by atoms with van der Waals surface area (Å²) in [5.74, 6) is -0.827. The number of carboxylic acid groups (broad SMARTS) is 1. The summed E-state index contributed by atoms with van der Waals surface area (Å²) in [7, 11) is 4.19. The lowest BCUT2D eigenvalue weighted by atomic mass is 10.1. The number of anilines is 1. The number of carboxylic acids is 1. The van der Waals surface area contributed by atoms with Gasteiger partial charge < -0.3 is 14.9 Å². The summed E-state index contributed by atoms with van der Waals surface area (Å²) in [6, 6.07) is 0.479. The number of hydrogen-bond acceptors (Lipinski definition) is 5. The average Bonchev–Trinajstić information content (AvgIpc) is 2.75. The Kier molecular flexibility index (Phi) is 4.19. The third-order valence-corrected chi connectivity index (χ3v) is 4.30. The number of hydrogen-bond donors (Lipinski definition) is 1. The lowest BCUT2D eigenvalue weighted by molar-refractivity contribution is -0.136. The van der Waals surface area contributed by atoms with Crippen LogP contribution in [0.25, 0.3) is 0 Å². The molecular weight excluding hydrogens is 250 g/mol. The van der Waals surface area contributed by atoms with E-state index in [-0.39, 0.29) is 6.42 Å². The molecule has 6 heteroatoms. The van der Waals surface area contributed by atoms with E-state index in [9.17, 15) is 4.79 Å². The number of likely N-dealkylation sites (tertiary alicyclic amines) is 1. The number of rotatable bonds is 4. The van der Waals surface area contributed by atoms with Gasteiger partial charge in [0.25, 0.3) is 0 Å². The Morgan fingerprint density at radius 1 is 1.72 bits per heavy atom. The normalized spacial score (nSPS) is 20.9. The Morgan fingerprint density at radius 2 is 2.50 bits per heavy atom. The molecule has 0 radical (unpaired) electrons. The molecule has 100 valence electrons. The SMILES string of the molecule is CN1CCCC(N(C)c2nc(CC(=O)O)cs2)C1. The van der Waals surface area contributed by atoms with E-state index in [1.54, 1.807) is 0 Å². The molecule has 1 fully saturated rings. The molecule has 2 rings (SSSR count). The van der Waals surface area contributed by atoms with Gasteiger partial charge in [0, 0.05) is 25.0 Å². The fourth-order valence-corrected chi connectivity index (χ4v) is 3.17. The highest BCUT2D eigenvalue weighted by Gasteiger charge is 2.23. The summed E-state index contributed by atoms with van der Waals surface area (Å²) in [4.78, 5) is 19.5. The zero-order valence-electron chi connectivity index (χ0n) is 10.8. The molecule has 1 aliphatic heterocycles. The minimum absolute atomic E-state index is 0.00884. The first kappa shape index (κ1) is 13.3. The van der Waals surface area contributed by atoms with E-state index in [0.717, 1.165) is 18.2 Å². The Bertz CT molecular complexity index is 421. The molecule has 0 saturated carbocycles. The molecule has 1 N–H and O–H groups in total. The van der Waals surface area contributed by atoms with Crippen LogP contribution in [0, 0.1) is 0 Å². The first-order chi connectivity index (χ1) is 8.56. The highest BCUT2D eigenvalue weighted by atomic mass is 32.1. The number of piperidine rings is 1. The quantitative estimate of drug-likeness (QED) is 0.893. The minimum Gasteiger partial charge on any atom is -0.481 e. The third kappa shape index (κ3) is 3.20. The third-order valence-electron chi connectivity index (χ3n) is 3.32. The molecule has 1 aromatic rings. The summed E-state index contributed by atoms with van der Waals surface area (Å²) < 4.78 is 0. The van der Waals surface area contributed by atoms with Gasteiger partial charge in [-0.25, -0.2) is 4.98 Å². The van der Waals surface area contributed by atoms with Crippen LogP contribution in [0.15, 0.2) is 5.38 Å². The molecule has 1 aromatic heterocycles. The second kappa shape index (κ2) is 5.67. The maximum atomic E-state index is 10.6. The fourth-order valence-electron chi connectivity index (χ4n) is 2.31. The van der Waals surface area contributed by atoms with Crippen molar-refractivity contribution in [3.8, 4) is 0 Å². The molecule has 2 heterocycles. The van der Waals surface area contributed by atoms with Crippen LogP contribution in [-0.4, -0.2) is 54.2 Å². The molecule has 1 atom stereocenters. The van der Waals surface area contributed by atoms with Crippen LogP contribution in [0.2, 0.25) is 0 Å². The molecule has 0 spiro atoms. The number of aliphatic carboxylic acids is 1. The van der Waals surface area contributed by atoms with Gasteiger partial charge in [0.1, 0.15) is 0 Å². The summed E-state index contributed by atoms with van der Waals surface area (Å²) >= 11 is 1.53. The Morgan fingerprint density at radius 3 is 3.17 bits per heavy atom. The number of likely N-dealkylation sites (N-methyl/N-ethyl adjacent to an activating group) is 2. The second-order valence-corrected chi connectivity index (χ2v) is 5.70. The summed E-state index contributed by atoms with van der Waals surface area (Å²) in [6.07, 6.45) is 2.39. The minimum atomic E-state index is -0.827. The molecule has 5 nitrogen and oxygen atoms in total. The van der Waals surface area contributed by atoms with Crippen LogP contribution in [-0.2, 0) is 11.2 Å². The van der Waals surface area contributed by atoms with Gasteiger partial charge in [-0.05, 0) is 26.4 Å². The van der Waals surface area contributed by atoms with E-state index in [1.807, 2.05) is 12.4 Å². The van der Waals surface area contributed by atoms with Gasteiger partial charge in [-0.3, -0.25) is 4.79 Å². The Labute approximate surface area is 111 Å². The molecule has 0 amide bonds. The maximum Gasteiger partial charge on any atom is 0.309 e. The molecule has 18 heavy (non-hydrogen) atoms. The molecule has 1 saturated heterocycles. The van der Waals surface area contributed by atoms with Gasteiger partial charge in [0.15, 0.2) is 5.13 Å².